The van der Waals surface area contributed by atoms with Gasteiger partial charge in [-0.15, -0.1) is 0 Å². The van der Waals surface area contributed by atoms with E-state index in [0.29, 0.717) is 6.04 Å². The molecular weight excluding hydrogens is 174 g/mol. The van der Waals surface area contributed by atoms with Crippen LogP contribution in [0, 0.1) is 6.92 Å². The van der Waals surface area contributed by atoms with Crippen molar-refractivity contribution >= 4 is 0 Å². The molecule has 1 atom stereocenters. The van der Waals surface area contributed by atoms with Crippen LogP contribution in [-0.4, -0.2) is 34.3 Å². The zero-order chi connectivity index (χ0) is 9.97. The van der Waals surface area contributed by atoms with E-state index < -0.39 is 0 Å². The van der Waals surface area contributed by atoms with Gasteiger partial charge in [-0.05, 0) is 38.9 Å². The van der Waals surface area contributed by atoms with Crippen molar-refractivity contribution in [2.45, 2.75) is 38.8 Å². The van der Waals surface area contributed by atoms with Crippen molar-refractivity contribution in [3.05, 3.63) is 18.0 Å². The molecule has 3 heteroatoms. The molecule has 1 aromatic heterocycles. The van der Waals surface area contributed by atoms with E-state index in [4.69, 9.17) is 0 Å². The van der Waals surface area contributed by atoms with Crippen LogP contribution >= 0.6 is 0 Å². The lowest BCUT2D eigenvalue weighted by Crippen LogP contribution is -2.39. The summed E-state index contributed by atoms with van der Waals surface area (Å²) >= 11 is 0. The lowest BCUT2D eigenvalue weighted by molar-refractivity contribution is 0.163. The molecule has 1 aliphatic heterocycles. The molecule has 1 fully saturated rings. The summed E-state index contributed by atoms with van der Waals surface area (Å²) in [5.41, 5.74) is 1.25. The summed E-state index contributed by atoms with van der Waals surface area (Å²) in [7, 11) is 2.22. The minimum Gasteiger partial charge on any atom is -0.302 e. The van der Waals surface area contributed by atoms with Gasteiger partial charge in [0.05, 0.1) is 12.7 Å². The molecule has 0 saturated carbocycles. The van der Waals surface area contributed by atoms with Crippen LogP contribution in [-0.2, 0) is 6.54 Å². The largest absolute Gasteiger partial charge is 0.302 e. The highest BCUT2D eigenvalue weighted by atomic mass is 15.3. The predicted octanol–water partition coefficient (Wildman–Crippen LogP) is 1.68. The van der Waals surface area contributed by atoms with Crippen molar-refractivity contribution in [1.82, 2.24) is 14.7 Å². The number of aryl methyl sites for hydroxylation is 1. The summed E-state index contributed by atoms with van der Waals surface area (Å²) in [6, 6.07) is 0.683. The maximum Gasteiger partial charge on any atom is 0.0564 e. The standard InChI is InChI=1S/C11H19N3/c1-10-7-12-14(8-10)9-11-5-3-4-6-13(11)2/h7-8,11H,3-6,9H2,1-2H3/t11-/m1/s1. The Morgan fingerprint density at radius 2 is 2.36 bits per heavy atom. The lowest BCUT2D eigenvalue weighted by atomic mass is 10.0. The molecule has 3 nitrogen and oxygen atoms in total. The Hall–Kier alpha value is -0.830. The maximum absolute atomic E-state index is 4.33. The maximum atomic E-state index is 4.33. The van der Waals surface area contributed by atoms with Crippen LogP contribution in [0.25, 0.3) is 0 Å². The summed E-state index contributed by atoms with van der Waals surface area (Å²) in [6.45, 7) is 4.38. The van der Waals surface area contributed by atoms with E-state index in [1.807, 2.05) is 6.20 Å². The van der Waals surface area contributed by atoms with E-state index in [2.05, 4.69) is 34.8 Å². The Kier molecular flexibility index (Phi) is 2.87. The first-order chi connectivity index (χ1) is 6.75. The molecule has 0 N–H and O–H groups in total. The molecule has 0 amide bonds. The molecule has 2 heterocycles. The molecule has 0 spiro atoms. The third-order valence-electron chi connectivity index (χ3n) is 3.08. The molecule has 2 rings (SSSR count). The molecule has 0 unspecified atom stereocenters. The Labute approximate surface area is 85.7 Å². The first kappa shape index (κ1) is 9.71. The number of aromatic nitrogens is 2. The molecule has 1 saturated heterocycles. The van der Waals surface area contributed by atoms with Gasteiger partial charge in [-0.1, -0.05) is 6.42 Å². The predicted molar refractivity (Wildman–Crippen MR) is 57.2 cm³/mol. The first-order valence-electron chi connectivity index (χ1n) is 5.45. The van der Waals surface area contributed by atoms with Gasteiger partial charge in [-0.2, -0.15) is 5.10 Å². The van der Waals surface area contributed by atoms with E-state index in [0.717, 1.165) is 6.54 Å². The summed E-state index contributed by atoms with van der Waals surface area (Å²) in [5, 5.41) is 4.33. The van der Waals surface area contributed by atoms with E-state index in [9.17, 15) is 0 Å². The lowest BCUT2D eigenvalue weighted by Gasteiger charge is -2.32. The summed E-state index contributed by atoms with van der Waals surface area (Å²) in [6.07, 6.45) is 8.10. The topological polar surface area (TPSA) is 21.1 Å². The van der Waals surface area contributed by atoms with Gasteiger partial charge in [0.25, 0.3) is 0 Å². The molecular formula is C11H19N3. The Morgan fingerprint density at radius 3 is 3.00 bits per heavy atom. The zero-order valence-electron chi connectivity index (χ0n) is 9.11. The Morgan fingerprint density at radius 1 is 1.50 bits per heavy atom. The highest BCUT2D eigenvalue weighted by Crippen LogP contribution is 2.16. The monoisotopic (exact) mass is 193 g/mol. The molecule has 0 bridgehead atoms. The number of likely N-dealkylation sites (N-methyl/N-ethyl adjacent to an activating group) is 1. The van der Waals surface area contributed by atoms with Crippen LogP contribution in [0.1, 0.15) is 24.8 Å². The highest BCUT2D eigenvalue weighted by molar-refractivity contribution is 4.99. The van der Waals surface area contributed by atoms with Gasteiger partial charge in [0, 0.05) is 12.2 Å². The molecule has 0 radical (unpaired) electrons. The van der Waals surface area contributed by atoms with Gasteiger partial charge in [0.2, 0.25) is 0 Å². The third-order valence-corrected chi connectivity index (χ3v) is 3.08. The normalized spacial score (nSPS) is 24.0. The van der Waals surface area contributed by atoms with Gasteiger partial charge in [0.1, 0.15) is 0 Å². The summed E-state index contributed by atoms with van der Waals surface area (Å²) in [5.74, 6) is 0. The van der Waals surface area contributed by atoms with Gasteiger partial charge in [-0.3, -0.25) is 4.68 Å². The van der Waals surface area contributed by atoms with Crippen LogP contribution in [0.4, 0.5) is 0 Å². The second-order valence-electron chi connectivity index (χ2n) is 4.37. The van der Waals surface area contributed by atoms with Gasteiger partial charge < -0.3 is 4.90 Å². The SMILES string of the molecule is Cc1cnn(C[C@H]2CCCCN2C)c1. The van der Waals surface area contributed by atoms with Crippen molar-refractivity contribution in [1.29, 1.82) is 0 Å². The van der Waals surface area contributed by atoms with Gasteiger partial charge >= 0.3 is 0 Å². The van der Waals surface area contributed by atoms with Gasteiger partial charge in [0.15, 0.2) is 0 Å². The van der Waals surface area contributed by atoms with E-state index in [-0.39, 0.29) is 0 Å². The fraction of sp³-hybridized carbons (Fsp3) is 0.727. The molecule has 0 aliphatic carbocycles. The average Bonchev–Trinajstić information content (AvgIpc) is 2.56. The van der Waals surface area contributed by atoms with Gasteiger partial charge in [-0.25, -0.2) is 0 Å². The van der Waals surface area contributed by atoms with Crippen molar-refractivity contribution in [2.24, 2.45) is 0 Å². The first-order valence-corrected chi connectivity index (χ1v) is 5.45. The molecule has 1 aromatic rings. The van der Waals surface area contributed by atoms with Crippen LogP contribution in [0.2, 0.25) is 0 Å². The molecule has 14 heavy (non-hydrogen) atoms. The number of likely N-dealkylation sites (tertiary alicyclic amines) is 1. The number of nitrogens with zero attached hydrogens (tertiary/aromatic N) is 3. The van der Waals surface area contributed by atoms with Crippen LogP contribution in [0.3, 0.4) is 0 Å². The smallest absolute Gasteiger partial charge is 0.0564 e. The number of rotatable bonds is 2. The zero-order valence-corrected chi connectivity index (χ0v) is 9.11. The minimum atomic E-state index is 0.683. The van der Waals surface area contributed by atoms with Crippen molar-refractivity contribution in [3.8, 4) is 0 Å². The number of hydrogen-bond donors (Lipinski definition) is 0. The second-order valence-corrected chi connectivity index (χ2v) is 4.37. The average molecular weight is 193 g/mol. The van der Waals surface area contributed by atoms with E-state index in [1.165, 1.54) is 31.4 Å². The van der Waals surface area contributed by atoms with Crippen molar-refractivity contribution < 1.29 is 0 Å². The van der Waals surface area contributed by atoms with Crippen LogP contribution in [0.5, 0.6) is 0 Å². The van der Waals surface area contributed by atoms with Crippen LogP contribution in [0.15, 0.2) is 12.4 Å². The fourth-order valence-corrected chi connectivity index (χ4v) is 2.16. The fourth-order valence-electron chi connectivity index (χ4n) is 2.16. The number of hydrogen-bond acceptors (Lipinski definition) is 2. The quantitative estimate of drug-likeness (QED) is 0.712. The van der Waals surface area contributed by atoms with E-state index in [1.54, 1.807) is 0 Å². The molecule has 78 valence electrons. The third kappa shape index (κ3) is 2.15. The Bertz CT molecular complexity index is 292. The Balaban J connectivity index is 1.95. The van der Waals surface area contributed by atoms with Crippen molar-refractivity contribution in [3.63, 3.8) is 0 Å². The second kappa shape index (κ2) is 4.13. The van der Waals surface area contributed by atoms with E-state index >= 15 is 0 Å². The minimum absolute atomic E-state index is 0.683. The number of piperidine rings is 1. The molecule has 1 aliphatic rings. The van der Waals surface area contributed by atoms with Crippen molar-refractivity contribution in [2.75, 3.05) is 13.6 Å². The highest BCUT2D eigenvalue weighted by Gasteiger charge is 2.19. The molecule has 0 aromatic carbocycles. The summed E-state index contributed by atoms with van der Waals surface area (Å²) < 4.78 is 2.07. The summed E-state index contributed by atoms with van der Waals surface area (Å²) in [4.78, 5) is 2.46. The van der Waals surface area contributed by atoms with Crippen LogP contribution < -0.4 is 0 Å².